The van der Waals surface area contributed by atoms with E-state index in [1.54, 1.807) is 0 Å². The Balaban J connectivity index is 0.00000112. The average molecular weight is 223 g/mol. The standard InChI is InChI=1S/C12H14N2.ClH/c13-6-2-1-3-10-4-5-11-8-14-9-12(11)7-10;/h4-5,7,14H,1-3,8-9H2;1H. The van der Waals surface area contributed by atoms with Gasteiger partial charge in [-0.3, -0.25) is 0 Å². The van der Waals surface area contributed by atoms with E-state index < -0.39 is 0 Å². The van der Waals surface area contributed by atoms with Crippen molar-refractivity contribution in [1.82, 2.24) is 5.32 Å². The van der Waals surface area contributed by atoms with Crippen LogP contribution in [0.15, 0.2) is 18.2 Å². The Morgan fingerprint density at radius 3 is 2.87 bits per heavy atom. The number of nitriles is 1. The van der Waals surface area contributed by atoms with Crippen LogP contribution >= 0.6 is 12.4 Å². The minimum absolute atomic E-state index is 0. The van der Waals surface area contributed by atoms with Gasteiger partial charge in [-0.15, -0.1) is 12.4 Å². The third kappa shape index (κ3) is 2.95. The topological polar surface area (TPSA) is 35.8 Å². The zero-order chi connectivity index (χ0) is 9.80. The lowest BCUT2D eigenvalue weighted by molar-refractivity contribution is 0.764. The summed E-state index contributed by atoms with van der Waals surface area (Å²) < 4.78 is 0. The van der Waals surface area contributed by atoms with Gasteiger partial charge >= 0.3 is 0 Å². The zero-order valence-electron chi connectivity index (χ0n) is 8.62. The molecule has 1 heterocycles. The number of benzene rings is 1. The van der Waals surface area contributed by atoms with Crippen LogP contribution in [0.3, 0.4) is 0 Å². The summed E-state index contributed by atoms with van der Waals surface area (Å²) in [6, 6.07) is 8.84. The van der Waals surface area contributed by atoms with E-state index in [2.05, 4.69) is 29.6 Å². The number of aryl methyl sites for hydroxylation is 1. The molecule has 1 aromatic carbocycles. The van der Waals surface area contributed by atoms with Crippen LogP contribution in [0, 0.1) is 11.3 Å². The maximum Gasteiger partial charge on any atom is 0.0621 e. The first kappa shape index (κ1) is 12.0. The van der Waals surface area contributed by atoms with Gasteiger partial charge in [0.25, 0.3) is 0 Å². The Morgan fingerprint density at radius 2 is 2.07 bits per heavy atom. The number of hydrogen-bond acceptors (Lipinski definition) is 2. The molecule has 0 bridgehead atoms. The van der Waals surface area contributed by atoms with E-state index in [1.165, 1.54) is 16.7 Å². The summed E-state index contributed by atoms with van der Waals surface area (Å²) in [6.07, 6.45) is 2.67. The Kier molecular flexibility index (Phi) is 4.61. The van der Waals surface area contributed by atoms with Crippen molar-refractivity contribution in [1.29, 1.82) is 5.26 Å². The van der Waals surface area contributed by atoms with Gasteiger partial charge in [-0.05, 0) is 29.5 Å². The molecule has 0 unspecified atom stereocenters. The summed E-state index contributed by atoms with van der Waals surface area (Å²) in [7, 11) is 0. The molecule has 80 valence electrons. The lowest BCUT2D eigenvalue weighted by Crippen LogP contribution is -1.99. The van der Waals surface area contributed by atoms with Crippen LogP contribution in [-0.2, 0) is 19.5 Å². The molecular weight excluding hydrogens is 208 g/mol. The molecule has 1 aliphatic heterocycles. The summed E-state index contributed by atoms with van der Waals surface area (Å²) in [6.45, 7) is 2.01. The van der Waals surface area contributed by atoms with Gasteiger partial charge in [0.05, 0.1) is 6.07 Å². The van der Waals surface area contributed by atoms with Gasteiger partial charge in [0, 0.05) is 19.5 Å². The minimum atomic E-state index is 0. The summed E-state index contributed by atoms with van der Waals surface area (Å²) in [4.78, 5) is 0. The minimum Gasteiger partial charge on any atom is -0.309 e. The second-order valence-corrected chi connectivity index (χ2v) is 3.72. The molecule has 0 atom stereocenters. The highest BCUT2D eigenvalue weighted by Gasteiger charge is 2.09. The van der Waals surface area contributed by atoms with Crippen molar-refractivity contribution < 1.29 is 0 Å². The number of unbranched alkanes of at least 4 members (excludes halogenated alkanes) is 1. The van der Waals surface area contributed by atoms with Crippen LogP contribution < -0.4 is 5.32 Å². The molecule has 2 rings (SSSR count). The van der Waals surface area contributed by atoms with Crippen molar-refractivity contribution in [2.75, 3.05) is 0 Å². The fraction of sp³-hybridized carbons (Fsp3) is 0.417. The fourth-order valence-electron chi connectivity index (χ4n) is 1.88. The van der Waals surface area contributed by atoms with Crippen molar-refractivity contribution in [2.24, 2.45) is 0 Å². The van der Waals surface area contributed by atoms with Crippen LogP contribution in [-0.4, -0.2) is 0 Å². The first-order valence-corrected chi connectivity index (χ1v) is 5.08. The van der Waals surface area contributed by atoms with Crippen molar-refractivity contribution in [3.63, 3.8) is 0 Å². The van der Waals surface area contributed by atoms with E-state index in [0.29, 0.717) is 6.42 Å². The predicted octanol–water partition coefficient (Wildman–Crippen LogP) is 2.56. The number of hydrogen-bond donors (Lipinski definition) is 1. The summed E-state index contributed by atoms with van der Waals surface area (Å²) in [5, 5.41) is 11.8. The van der Waals surface area contributed by atoms with E-state index in [0.717, 1.165) is 25.9 Å². The number of nitrogens with zero attached hydrogens (tertiary/aromatic N) is 1. The molecule has 0 saturated heterocycles. The summed E-state index contributed by atoms with van der Waals surface area (Å²) >= 11 is 0. The zero-order valence-corrected chi connectivity index (χ0v) is 9.44. The SMILES string of the molecule is Cl.N#CCCCc1ccc2c(c1)CNC2. The van der Waals surface area contributed by atoms with Gasteiger partial charge in [-0.2, -0.15) is 5.26 Å². The third-order valence-electron chi connectivity index (χ3n) is 2.66. The van der Waals surface area contributed by atoms with Crippen LogP contribution in [0.4, 0.5) is 0 Å². The molecule has 2 nitrogen and oxygen atoms in total. The van der Waals surface area contributed by atoms with E-state index in [9.17, 15) is 0 Å². The smallest absolute Gasteiger partial charge is 0.0621 e. The highest BCUT2D eigenvalue weighted by molar-refractivity contribution is 5.85. The van der Waals surface area contributed by atoms with Gasteiger partial charge in [0.2, 0.25) is 0 Å². The van der Waals surface area contributed by atoms with Crippen LogP contribution in [0.2, 0.25) is 0 Å². The Bertz CT molecular complexity index is 368. The van der Waals surface area contributed by atoms with E-state index >= 15 is 0 Å². The van der Waals surface area contributed by atoms with E-state index in [-0.39, 0.29) is 12.4 Å². The van der Waals surface area contributed by atoms with Crippen LogP contribution in [0.25, 0.3) is 0 Å². The molecule has 0 saturated carbocycles. The first-order valence-electron chi connectivity index (χ1n) is 5.08. The second-order valence-electron chi connectivity index (χ2n) is 3.72. The van der Waals surface area contributed by atoms with Gasteiger partial charge in [0.1, 0.15) is 0 Å². The van der Waals surface area contributed by atoms with Crippen molar-refractivity contribution in [2.45, 2.75) is 32.4 Å². The van der Waals surface area contributed by atoms with E-state index in [1.807, 2.05) is 0 Å². The molecule has 15 heavy (non-hydrogen) atoms. The van der Waals surface area contributed by atoms with Gasteiger partial charge in [0.15, 0.2) is 0 Å². The maximum absolute atomic E-state index is 8.44. The molecule has 3 heteroatoms. The fourth-order valence-corrected chi connectivity index (χ4v) is 1.88. The number of halogens is 1. The third-order valence-corrected chi connectivity index (χ3v) is 2.66. The molecule has 0 fully saturated rings. The molecule has 1 N–H and O–H groups in total. The Morgan fingerprint density at radius 1 is 1.27 bits per heavy atom. The van der Waals surface area contributed by atoms with Gasteiger partial charge < -0.3 is 5.32 Å². The van der Waals surface area contributed by atoms with Crippen LogP contribution in [0.5, 0.6) is 0 Å². The first-order chi connectivity index (χ1) is 6.90. The summed E-state index contributed by atoms with van der Waals surface area (Å²) in [5.74, 6) is 0. The summed E-state index contributed by atoms with van der Waals surface area (Å²) in [5.41, 5.74) is 4.22. The molecule has 0 radical (unpaired) electrons. The quantitative estimate of drug-likeness (QED) is 0.798. The highest BCUT2D eigenvalue weighted by atomic mass is 35.5. The predicted molar refractivity (Wildman–Crippen MR) is 62.8 cm³/mol. The Labute approximate surface area is 96.7 Å². The molecular formula is C12H15ClN2. The molecule has 0 aliphatic carbocycles. The van der Waals surface area contributed by atoms with Crippen LogP contribution in [0.1, 0.15) is 29.5 Å². The van der Waals surface area contributed by atoms with Crippen molar-refractivity contribution in [3.8, 4) is 6.07 Å². The second kappa shape index (κ2) is 5.75. The average Bonchev–Trinajstić information content (AvgIpc) is 2.65. The molecule has 0 amide bonds. The normalized spacial score (nSPS) is 12.7. The van der Waals surface area contributed by atoms with Gasteiger partial charge in [-0.1, -0.05) is 18.2 Å². The molecule has 1 aromatic rings. The van der Waals surface area contributed by atoms with Crippen molar-refractivity contribution in [3.05, 3.63) is 34.9 Å². The number of rotatable bonds is 3. The molecule has 0 aromatic heterocycles. The Hall–Kier alpha value is -1.04. The monoisotopic (exact) mass is 222 g/mol. The number of nitrogens with one attached hydrogen (secondary N) is 1. The van der Waals surface area contributed by atoms with E-state index in [4.69, 9.17) is 5.26 Å². The van der Waals surface area contributed by atoms with Gasteiger partial charge in [-0.25, -0.2) is 0 Å². The van der Waals surface area contributed by atoms with Crippen molar-refractivity contribution >= 4 is 12.4 Å². The lowest BCUT2D eigenvalue weighted by Gasteiger charge is -2.02. The largest absolute Gasteiger partial charge is 0.309 e. The molecule has 0 spiro atoms. The molecule has 1 aliphatic rings. The number of fused-ring (bicyclic) bond motifs is 1. The maximum atomic E-state index is 8.44. The lowest BCUT2D eigenvalue weighted by atomic mass is 10.0. The highest BCUT2D eigenvalue weighted by Crippen LogP contribution is 2.18.